The van der Waals surface area contributed by atoms with Crippen LogP contribution in [0.25, 0.3) is 22.3 Å². The molecule has 0 spiro atoms. The number of nitrogens with one attached hydrogen (secondary N) is 4. The maximum absolute atomic E-state index is 13.0. The van der Waals surface area contributed by atoms with Crippen LogP contribution in [0.2, 0.25) is 0 Å². The standard InChI is InChI=1S/C28H33N3O5S.C25H29N3O5S/c1-18-25-23(17-35-28(5,6)36-25)21(15-29-18)16-30-26(32)20-13-11-19(12-14-20)22-9-7-8-10-24(22)37(33,34)31-27(2,3)4;1-16-23(30)21(15-29)19(13-26-16)14-27-24(31)18-11-9-17(10-12-18)20-7-5-6-8-22(20)34(32,33)28-25(2,3)4/h7-15,31H,16-17H2,1-6H3,(H,30,32);5-13,28-30H,14-15H2,1-4H3,(H,27,31). The lowest BCUT2D eigenvalue weighted by molar-refractivity contribution is -0.180. The van der Waals surface area contributed by atoms with E-state index in [0.29, 0.717) is 62.6 Å². The Morgan fingerprint density at radius 2 is 1.07 bits per heavy atom. The van der Waals surface area contributed by atoms with Crippen LogP contribution in [-0.2, 0) is 51.1 Å². The first kappa shape index (κ1) is 53.8. The highest BCUT2D eigenvalue weighted by Crippen LogP contribution is 2.36. The SMILES string of the molecule is Cc1ncc(CNC(=O)c2ccc(-c3ccccc3S(=O)(=O)NC(C)(C)C)cc2)c(CO)c1O.Cc1ncc(CNC(=O)c2ccc(-c3ccccc3S(=O)(=O)NC(C)(C)C)cc2)c2c1OC(C)(C)OC2. The van der Waals surface area contributed by atoms with Crippen molar-refractivity contribution in [1.82, 2.24) is 30.0 Å². The maximum atomic E-state index is 13.0. The third-order valence-corrected chi connectivity index (χ3v) is 14.6. The van der Waals surface area contributed by atoms with Crippen LogP contribution in [0.3, 0.4) is 0 Å². The maximum Gasteiger partial charge on any atom is 0.251 e. The summed E-state index contributed by atoms with van der Waals surface area (Å²) >= 11 is 0. The van der Waals surface area contributed by atoms with Gasteiger partial charge in [-0.1, -0.05) is 60.7 Å². The van der Waals surface area contributed by atoms with Gasteiger partial charge in [0.1, 0.15) is 11.5 Å². The largest absolute Gasteiger partial charge is 0.506 e. The van der Waals surface area contributed by atoms with E-state index in [-0.39, 0.29) is 47.1 Å². The summed E-state index contributed by atoms with van der Waals surface area (Å²) in [7, 11) is -7.49. The third kappa shape index (κ3) is 13.7. The molecule has 0 saturated carbocycles. The highest BCUT2D eigenvalue weighted by molar-refractivity contribution is 7.90. The number of aryl methyl sites for hydroxylation is 2. The number of aromatic nitrogens is 2. The van der Waals surface area contributed by atoms with Gasteiger partial charge in [-0.15, -0.1) is 0 Å². The molecule has 0 fully saturated rings. The van der Waals surface area contributed by atoms with Crippen molar-refractivity contribution in [2.24, 2.45) is 0 Å². The second-order valence-corrected chi connectivity index (χ2v) is 22.8. The first-order chi connectivity index (χ1) is 33.2. The van der Waals surface area contributed by atoms with Gasteiger partial charge in [0, 0.05) is 83.8 Å². The van der Waals surface area contributed by atoms with Gasteiger partial charge in [-0.2, -0.15) is 0 Å². The topological polar surface area (TPSA) is 235 Å². The third-order valence-electron chi connectivity index (χ3n) is 10.9. The Balaban J connectivity index is 0.000000233. The first-order valence-corrected chi connectivity index (χ1v) is 25.8. The molecule has 6 aromatic rings. The Labute approximate surface area is 416 Å². The molecule has 6 N–H and O–H groups in total. The van der Waals surface area contributed by atoms with Gasteiger partial charge in [0.05, 0.1) is 34.4 Å². The number of aliphatic hydroxyl groups excluding tert-OH is 1. The van der Waals surface area contributed by atoms with Crippen molar-refractivity contribution in [3.05, 3.63) is 154 Å². The summed E-state index contributed by atoms with van der Waals surface area (Å²) in [5.41, 5.74) is 5.75. The summed E-state index contributed by atoms with van der Waals surface area (Å²) in [4.78, 5) is 34.4. The van der Waals surface area contributed by atoms with E-state index in [1.807, 2.05) is 20.8 Å². The lowest BCUT2D eigenvalue weighted by Gasteiger charge is -2.34. The molecule has 0 radical (unpaired) electrons. The van der Waals surface area contributed by atoms with Crippen LogP contribution in [-0.4, -0.2) is 65.7 Å². The zero-order valence-electron chi connectivity index (χ0n) is 41.6. The molecule has 2 aromatic heterocycles. The van der Waals surface area contributed by atoms with Crippen LogP contribution in [0.4, 0.5) is 0 Å². The fourth-order valence-corrected chi connectivity index (χ4v) is 10.9. The molecule has 4 aromatic carbocycles. The Morgan fingerprint density at radius 1 is 0.648 bits per heavy atom. The molecule has 0 aliphatic carbocycles. The number of pyridine rings is 2. The molecule has 71 heavy (non-hydrogen) atoms. The van der Waals surface area contributed by atoms with Gasteiger partial charge in [0.2, 0.25) is 25.8 Å². The van der Waals surface area contributed by atoms with Gasteiger partial charge in [-0.3, -0.25) is 19.6 Å². The summed E-state index contributed by atoms with van der Waals surface area (Å²) < 4.78 is 68.9. The normalized spacial score (nSPS) is 13.5. The average molecular weight is 1010 g/mol. The molecule has 0 saturated heterocycles. The second-order valence-electron chi connectivity index (χ2n) is 19.5. The Hall–Kier alpha value is -6.54. The number of amides is 2. The number of benzene rings is 4. The van der Waals surface area contributed by atoms with Crippen molar-refractivity contribution in [1.29, 1.82) is 0 Å². The smallest absolute Gasteiger partial charge is 0.251 e. The molecule has 376 valence electrons. The van der Waals surface area contributed by atoms with Gasteiger partial charge in [-0.05, 0) is 114 Å². The fraction of sp³-hybridized carbons (Fsp3) is 0.321. The molecule has 7 rings (SSSR count). The first-order valence-electron chi connectivity index (χ1n) is 22.8. The fourth-order valence-electron chi connectivity index (χ4n) is 7.61. The minimum Gasteiger partial charge on any atom is -0.506 e. The molecule has 0 bridgehead atoms. The van der Waals surface area contributed by atoms with Crippen LogP contribution in [0.5, 0.6) is 11.5 Å². The summed E-state index contributed by atoms with van der Waals surface area (Å²) in [5.74, 6) is -0.737. The number of aromatic hydroxyl groups is 1. The minimum absolute atomic E-state index is 0.0802. The number of sulfonamides is 2. The van der Waals surface area contributed by atoms with E-state index in [1.54, 1.807) is 152 Å². The van der Waals surface area contributed by atoms with Crippen molar-refractivity contribution >= 4 is 31.9 Å². The summed E-state index contributed by atoms with van der Waals surface area (Å²) in [6, 6.07) is 27.0. The van der Waals surface area contributed by atoms with E-state index in [9.17, 15) is 36.6 Å². The molecule has 0 atom stereocenters. The lowest BCUT2D eigenvalue weighted by atomic mass is 10.0. The summed E-state index contributed by atoms with van der Waals surface area (Å²) in [6.07, 6.45) is 3.23. The number of carbonyl (C=O) groups excluding carboxylic acids is 2. The number of carbonyl (C=O) groups is 2. The van der Waals surface area contributed by atoms with Gasteiger partial charge in [-0.25, -0.2) is 26.3 Å². The number of hydrogen-bond acceptors (Lipinski definition) is 12. The Kier molecular flexibility index (Phi) is 16.2. The molecular formula is C53H62N6O10S2. The molecular weight excluding hydrogens is 945 g/mol. The van der Waals surface area contributed by atoms with Gasteiger partial charge < -0.3 is 30.3 Å². The molecule has 1 aliphatic heterocycles. The number of aliphatic hydroxyl groups is 1. The van der Waals surface area contributed by atoms with Crippen molar-refractivity contribution < 1.29 is 46.1 Å². The van der Waals surface area contributed by atoms with Crippen LogP contribution in [0.15, 0.2) is 119 Å². The van der Waals surface area contributed by atoms with Crippen LogP contribution in [0, 0.1) is 13.8 Å². The highest BCUT2D eigenvalue weighted by atomic mass is 32.2. The van der Waals surface area contributed by atoms with Crippen molar-refractivity contribution in [3.8, 4) is 33.8 Å². The lowest BCUT2D eigenvalue weighted by Crippen LogP contribution is -2.40. The van der Waals surface area contributed by atoms with E-state index < -0.39 is 36.9 Å². The zero-order valence-corrected chi connectivity index (χ0v) is 43.2. The quantitative estimate of drug-likeness (QED) is 0.0647. The average Bonchev–Trinajstić information content (AvgIpc) is 3.30. The number of hydrogen-bond donors (Lipinski definition) is 6. The monoisotopic (exact) mass is 1010 g/mol. The van der Waals surface area contributed by atoms with Gasteiger partial charge >= 0.3 is 0 Å². The van der Waals surface area contributed by atoms with Gasteiger partial charge in [0.25, 0.3) is 11.8 Å². The van der Waals surface area contributed by atoms with E-state index in [1.165, 1.54) is 6.20 Å². The van der Waals surface area contributed by atoms with Crippen molar-refractivity contribution in [2.75, 3.05) is 0 Å². The number of rotatable bonds is 13. The molecule has 18 heteroatoms. The Morgan fingerprint density at radius 3 is 1.52 bits per heavy atom. The summed E-state index contributed by atoms with van der Waals surface area (Å²) in [6.45, 7) is 18.3. The number of fused-ring (bicyclic) bond motifs is 1. The Bertz CT molecular complexity index is 3150. The van der Waals surface area contributed by atoms with Crippen LogP contribution < -0.4 is 24.8 Å². The molecule has 16 nitrogen and oxygen atoms in total. The predicted octanol–water partition coefficient (Wildman–Crippen LogP) is 7.97. The predicted molar refractivity (Wildman–Crippen MR) is 271 cm³/mol. The van der Waals surface area contributed by atoms with E-state index in [4.69, 9.17) is 9.47 Å². The highest BCUT2D eigenvalue weighted by Gasteiger charge is 2.31. The van der Waals surface area contributed by atoms with Crippen molar-refractivity contribution in [2.45, 2.75) is 122 Å². The molecule has 0 unspecified atom stereocenters. The number of ether oxygens (including phenoxy) is 2. The zero-order chi connectivity index (χ0) is 52.1. The van der Waals surface area contributed by atoms with Crippen LogP contribution in [0.1, 0.15) is 110 Å². The summed E-state index contributed by atoms with van der Waals surface area (Å²) in [5, 5.41) is 25.3. The van der Waals surface area contributed by atoms with Crippen LogP contribution >= 0.6 is 0 Å². The molecule has 1 aliphatic rings. The van der Waals surface area contributed by atoms with E-state index in [2.05, 4.69) is 30.0 Å². The second kappa shape index (κ2) is 21.4. The molecule has 3 heterocycles. The minimum atomic E-state index is -3.75. The number of nitrogens with zero attached hydrogens (tertiary/aromatic N) is 2. The van der Waals surface area contributed by atoms with Gasteiger partial charge in [0.15, 0.2) is 0 Å². The van der Waals surface area contributed by atoms with E-state index in [0.717, 1.165) is 16.8 Å². The van der Waals surface area contributed by atoms with E-state index >= 15 is 0 Å². The van der Waals surface area contributed by atoms with Crippen molar-refractivity contribution in [3.63, 3.8) is 0 Å². The molecule has 2 amide bonds.